The molecule has 4 N–H and O–H groups in total. The molecule has 0 saturated carbocycles. The highest BCUT2D eigenvalue weighted by molar-refractivity contribution is 8.00. The van der Waals surface area contributed by atoms with Gasteiger partial charge in [0.05, 0.1) is 0 Å². The summed E-state index contributed by atoms with van der Waals surface area (Å²) in [5.41, 5.74) is 7.49. The molecule has 2 aromatic heterocycles. The molecule has 3 atom stereocenters. The molecule has 1 unspecified atom stereocenters. The summed E-state index contributed by atoms with van der Waals surface area (Å²) in [5, 5.41) is 13.8. The molecule has 2 aliphatic rings. The number of hydrogen-bond donors (Lipinski definition) is 3. The van der Waals surface area contributed by atoms with Gasteiger partial charge in [-0.15, -0.1) is 23.1 Å². The van der Waals surface area contributed by atoms with Crippen molar-refractivity contribution < 1.29 is 19.5 Å². The molecule has 4 rings (SSSR count). The van der Waals surface area contributed by atoms with Crippen LogP contribution in [0.2, 0.25) is 0 Å². The third-order valence-corrected chi connectivity index (χ3v) is 7.12. The van der Waals surface area contributed by atoms with Crippen LogP contribution in [-0.2, 0) is 20.8 Å². The Labute approximate surface area is 174 Å². The second kappa shape index (κ2) is 7.97. The first-order chi connectivity index (χ1) is 14.0. The Morgan fingerprint density at radius 3 is 2.86 bits per heavy atom. The summed E-state index contributed by atoms with van der Waals surface area (Å²) in [5.74, 6) is -1.58. The van der Waals surface area contributed by atoms with Gasteiger partial charge in [0, 0.05) is 23.0 Å². The largest absolute Gasteiger partial charge is 0.477 e. The Morgan fingerprint density at radius 1 is 1.38 bits per heavy atom. The molecule has 4 heterocycles. The summed E-state index contributed by atoms with van der Waals surface area (Å²) in [6.07, 6.45) is 3.73. The minimum atomic E-state index is -1.15. The fourth-order valence-corrected chi connectivity index (χ4v) is 5.48. The maximum Gasteiger partial charge on any atom is 0.352 e. The van der Waals surface area contributed by atoms with Gasteiger partial charge in [0.15, 0.2) is 0 Å². The number of nitrogens with two attached hydrogens (primary N) is 1. The van der Waals surface area contributed by atoms with E-state index in [4.69, 9.17) is 5.73 Å². The summed E-state index contributed by atoms with van der Waals surface area (Å²) in [7, 11) is 0. The second-order valence-electron chi connectivity index (χ2n) is 6.68. The van der Waals surface area contributed by atoms with Crippen LogP contribution in [0.4, 0.5) is 0 Å². The Bertz CT molecular complexity index is 977. The van der Waals surface area contributed by atoms with Crippen LogP contribution in [0.3, 0.4) is 0 Å². The highest BCUT2D eigenvalue weighted by Gasteiger charge is 2.54. The standard InChI is InChI=1S/C19H18N4O4S2/c20-13(12-4-2-6-28-12)16(24)22-14-17(25)23-15(19(26)27)11(9-29-18(14)23)7-10-3-1-5-21-8-10/h1-6,8,13-14,18H,7,9,20H2,(H,22,24)(H,26,27)/t13?,14-,18-/m1/s1. The van der Waals surface area contributed by atoms with E-state index in [0.29, 0.717) is 22.6 Å². The third kappa shape index (κ3) is 3.66. The zero-order chi connectivity index (χ0) is 20.5. The van der Waals surface area contributed by atoms with E-state index in [0.717, 1.165) is 5.56 Å². The number of aliphatic carboxylic acids is 1. The monoisotopic (exact) mass is 430 g/mol. The van der Waals surface area contributed by atoms with Gasteiger partial charge in [0.25, 0.3) is 5.91 Å². The number of nitrogens with zero attached hydrogens (tertiary/aromatic N) is 2. The number of β-lactam (4-membered cyclic amide) rings is 1. The van der Waals surface area contributed by atoms with Crippen molar-refractivity contribution in [1.29, 1.82) is 0 Å². The Morgan fingerprint density at radius 2 is 2.21 bits per heavy atom. The van der Waals surface area contributed by atoms with Crippen molar-refractivity contribution in [3.8, 4) is 0 Å². The van der Waals surface area contributed by atoms with E-state index in [9.17, 15) is 19.5 Å². The molecule has 2 aromatic rings. The van der Waals surface area contributed by atoms with Gasteiger partial charge in [0.1, 0.15) is 23.2 Å². The Kier molecular flexibility index (Phi) is 5.39. The molecule has 2 amide bonds. The minimum absolute atomic E-state index is 0.00402. The summed E-state index contributed by atoms with van der Waals surface area (Å²) in [6, 6.07) is 5.56. The van der Waals surface area contributed by atoms with Crippen molar-refractivity contribution in [1.82, 2.24) is 15.2 Å². The average Bonchev–Trinajstić information content (AvgIpc) is 3.26. The molecule has 0 spiro atoms. The van der Waals surface area contributed by atoms with E-state index >= 15 is 0 Å². The van der Waals surface area contributed by atoms with E-state index in [2.05, 4.69) is 10.3 Å². The molecule has 1 fully saturated rings. The molecule has 0 aliphatic carbocycles. The lowest BCUT2D eigenvalue weighted by molar-refractivity contribution is -0.150. The van der Waals surface area contributed by atoms with Gasteiger partial charge < -0.3 is 16.2 Å². The number of fused-ring (bicyclic) bond motifs is 1. The molecule has 8 nitrogen and oxygen atoms in total. The number of carbonyl (C=O) groups is 3. The van der Waals surface area contributed by atoms with Crippen LogP contribution in [0, 0.1) is 0 Å². The van der Waals surface area contributed by atoms with Crippen LogP contribution in [0.25, 0.3) is 0 Å². The quantitative estimate of drug-likeness (QED) is 0.587. The van der Waals surface area contributed by atoms with Crippen LogP contribution in [-0.4, -0.2) is 49.9 Å². The summed E-state index contributed by atoms with van der Waals surface area (Å²) in [4.78, 5) is 43.1. The fraction of sp³-hybridized carbons (Fsp3) is 0.263. The highest BCUT2D eigenvalue weighted by Crippen LogP contribution is 2.41. The first-order valence-electron chi connectivity index (χ1n) is 8.85. The number of carboxylic acids is 1. The maximum atomic E-state index is 12.7. The number of pyridine rings is 1. The lowest BCUT2D eigenvalue weighted by Gasteiger charge is -2.49. The molecule has 150 valence electrons. The number of amides is 2. The van der Waals surface area contributed by atoms with Gasteiger partial charge in [-0.3, -0.25) is 19.5 Å². The van der Waals surface area contributed by atoms with Crippen LogP contribution in [0.1, 0.15) is 16.5 Å². The number of thioether (sulfide) groups is 1. The number of nitrogens with one attached hydrogen (secondary N) is 1. The van der Waals surface area contributed by atoms with Crippen LogP contribution in [0.15, 0.2) is 53.3 Å². The van der Waals surface area contributed by atoms with Gasteiger partial charge in [-0.05, 0) is 35.1 Å². The molecule has 0 bridgehead atoms. The molecule has 10 heteroatoms. The van der Waals surface area contributed by atoms with Gasteiger partial charge in [-0.1, -0.05) is 12.1 Å². The van der Waals surface area contributed by atoms with E-state index in [1.807, 2.05) is 11.4 Å². The zero-order valence-electron chi connectivity index (χ0n) is 15.1. The van der Waals surface area contributed by atoms with Crippen molar-refractivity contribution in [3.63, 3.8) is 0 Å². The number of carbonyl (C=O) groups excluding carboxylic acids is 2. The summed E-state index contributed by atoms with van der Waals surface area (Å²) >= 11 is 2.80. The SMILES string of the molecule is NC(C(=O)N[C@@H]1C(=O)N2C(C(=O)O)=C(Cc3cccnc3)CS[C@H]12)c1cccs1. The Balaban J connectivity index is 1.51. The van der Waals surface area contributed by atoms with Crippen LogP contribution in [0.5, 0.6) is 0 Å². The maximum absolute atomic E-state index is 12.7. The molecule has 1 saturated heterocycles. The van der Waals surface area contributed by atoms with Crippen molar-refractivity contribution >= 4 is 40.9 Å². The molecule has 0 aromatic carbocycles. The first-order valence-corrected chi connectivity index (χ1v) is 10.8. The normalized spacial score (nSPS) is 22.0. The van der Waals surface area contributed by atoms with Crippen LogP contribution < -0.4 is 11.1 Å². The minimum Gasteiger partial charge on any atom is -0.477 e. The summed E-state index contributed by atoms with van der Waals surface area (Å²) < 4.78 is 0. The van der Waals surface area contributed by atoms with E-state index in [1.165, 1.54) is 28.0 Å². The number of rotatable bonds is 6. The van der Waals surface area contributed by atoms with Gasteiger partial charge in [0.2, 0.25) is 5.91 Å². The average molecular weight is 431 g/mol. The van der Waals surface area contributed by atoms with E-state index in [-0.39, 0.29) is 5.70 Å². The molecular weight excluding hydrogens is 412 g/mol. The molecule has 2 aliphatic heterocycles. The smallest absolute Gasteiger partial charge is 0.352 e. The number of carboxylic acid groups (broad SMARTS) is 1. The lowest BCUT2D eigenvalue weighted by Crippen LogP contribution is -2.71. The predicted octanol–water partition coefficient (Wildman–Crippen LogP) is 1.12. The predicted molar refractivity (Wildman–Crippen MR) is 109 cm³/mol. The van der Waals surface area contributed by atoms with Gasteiger partial charge >= 0.3 is 5.97 Å². The summed E-state index contributed by atoms with van der Waals surface area (Å²) in [6.45, 7) is 0. The lowest BCUT2D eigenvalue weighted by atomic mass is 9.99. The van der Waals surface area contributed by atoms with Crippen molar-refractivity contribution in [3.05, 3.63) is 63.7 Å². The topological polar surface area (TPSA) is 126 Å². The highest BCUT2D eigenvalue weighted by atomic mass is 32.2. The van der Waals surface area contributed by atoms with Gasteiger partial charge in [-0.25, -0.2) is 4.79 Å². The van der Waals surface area contributed by atoms with Gasteiger partial charge in [-0.2, -0.15) is 0 Å². The third-order valence-electron chi connectivity index (χ3n) is 4.82. The Hall–Kier alpha value is -2.69. The van der Waals surface area contributed by atoms with E-state index < -0.39 is 35.2 Å². The first kappa shape index (κ1) is 19.6. The van der Waals surface area contributed by atoms with Crippen molar-refractivity contribution in [2.45, 2.75) is 23.9 Å². The number of hydrogen-bond acceptors (Lipinski definition) is 7. The molecule has 0 radical (unpaired) electrons. The fourth-order valence-electron chi connectivity index (χ4n) is 3.41. The molecular formula is C19H18N4O4S2. The zero-order valence-corrected chi connectivity index (χ0v) is 16.8. The van der Waals surface area contributed by atoms with Crippen LogP contribution >= 0.6 is 23.1 Å². The molecule has 29 heavy (non-hydrogen) atoms. The number of aromatic nitrogens is 1. The van der Waals surface area contributed by atoms with Crippen molar-refractivity contribution in [2.75, 3.05) is 5.75 Å². The number of thiophene rings is 1. The van der Waals surface area contributed by atoms with E-state index in [1.54, 1.807) is 30.6 Å². The second-order valence-corrected chi connectivity index (χ2v) is 8.77. The van der Waals surface area contributed by atoms with Crippen molar-refractivity contribution in [2.24, 2.45) is 5.73 Å².